The van der Waals surface area contributed by atoms with E-state index in [1.807, 2.05) is 0 Å². The molecule has 78 valence electrons. The summed E-state index contributed by atoms with van der Waals surface area (Å²) in [6.07, 6.45) is 2.80. The van der Waals surface area contributed by atoms with Crippen LogP contribution in [0.3, 0.4) is 0 Å². The first-order chi connectivity index (χ1) is 6.76. The maximum atomic E-state index is 10.9. The second kappa shape index (κ2) is 5.48. The second-order valence-electron chi connectivity index (χ2n) is 2.76. The molecule has 2 N–H and O–H groups in total. The van der Waals surface area contributed by atoms with Crippen molar-refractivity contribution in [2.24, 2.45) is 0 Å². The predicted molar refractivity (Wildman–Crippen MR) is 46.1 cm³/mol. The fourth-order valence-corrected chi connectivity index (χ4v) is 1.02. The van der Waals surface area contributed by atoms with Crippen LogP contribution < -0.4 is 10.4 Å². The zero-order valence-electron chi connectivity index (χ0n) is 7.77. The third-order valence-electron chi connectivity index (χ3n) is 1.72. The maximum Gasteiger partial charge on any atom is 0.137 e. The maximum absolute atomic E-state index is 10.9. The Bertz CT molecular complexity index is 263. The van der Waals surface area contributed by atoms with Crippen molar-refractivity contribution in [3.63, 3.8) is 0 Å². The van der Waals surface area contributed by atoms with Gasteiger partial charge in [-0.3, -0.25) is 5.32 Å². The van der Waals surface area contributed by atoms with Crippen molar-refractivity contribution in [2.75, 3.05) is 7.11 Å². The number of nitrogens with one attached hydrogen (secondary N) is 2. The minimum absolute atomic E-state index is 0.394. The SMILES string of the molecule is COC([O-])N[C@@H](C=O)Cc1cnc[nH]1. The zero-order valence-corrected chi connectivity index (χ0v) is 7.77. The summed E-state index contributed by atoms with van der Waals surface area (Å²) < 4.78 is 4.45. The van der Waals surface area contributed by atoms with Crippen LogP contribution in [-0.4, -0.2) is 35.8 Å². The normalized spacial score (nSPS) is 15.0. The first-order valence-corrected chi connectivity index (χ1v) is 4.13. The number of hydrogen-bond acceptors (Lipinski definition) is 5. The summed E-state index contributed by atoms with van der Waals surface area (Å²) in [4.78, 5) is 17.2. The number of carbonyl (C=O) groups is 1. The largest absolute Gasteiger partial charge is 0.819 e. The Labute approximate surface area is 81.3 Å². The molecule has 0 saturated carbocycles. The van der Waals surface area contributed by atoms with Crippen LogP contribution in [0.4, 0.5) is 0 Å². The summed E-state index contributed by atoms with van der Waals surface area (Å²) in [5, 5.41) is 13.3. The first kappa shape index (κ1) is 10.8. The van der Waals surface area contributed by atoms with Crippen molar-refractivity contribution < 1.29 is 14.6 Å². The van der Waals surface area contributed by atoms with Crippen LogP contribution in [0.1, 0.15) is 5.69 Å². The van der Waals surface area contributed by atoms with E-state index in [1.54, 1.807) is 6.20 Å². The van der Waals surface area contributed by atoms with E-state index in [1.165, 1.54) is 13.4 Å². The monoisotopic (exact) mass is 198 g/mol. The highest BCUT2D eigenvalue weighted by atomic mass is 16.6. The second-order valence-corrected chi connectivity index (χ2v) is 2.76. The summed E-state index contributed by atoms with van der Waals surface area (Å²) in [5.41, 5.74) is 0.790. The number of carbonyl (C=O) groups excluding carboxylic acids is 1. The molecule has 1 rings (SSSR count). The van der Waals surface area contributed by atoms with Gasteiger partial charge in [0.2, 0.25) is 0 Å². The predicted octanol–water partition coefficient (Wildman–Crippen LogP) is -1.60. The molecule has 0 spiro atoms. The lowest BCUT2D eigenvalue weighted by Crippen LogP contribution is -2.49. The third-order valence-corrected chi connectivity index (χ3v) is 1.72. The topological polar surface area (TPSA) is 90.1 Å². The zero-order chi connectivity index (χ0) is 10.4. The van der Waals surface area contributed by atoms with Crippen molar-refractivity contribution >= 4 is 6.29 Å². The van der Waals surface area contributed by atoms with E-state index in [2.05, 4.69) is 20.0 Å². The van der Waals surface area contributed by atoms with E-state index in [0.717, 1.165) is 5.69 Å². The highest BCUT2D eigenvalue weighted by molar-refractivity contribution is 5.58. The van der Waals surface area contributed by atoms with Gasteiger partial charge in [0.1, 0.15) is 6.29 Å². The number of aromatic amines is 1. The van der Waals surface area contributed by atoms with E-state index in [4.69, 9.17) is 0 Å². The van der Waals surface area contributed by atoms with E-state index in [9.17, 15) is 9.90 Å². The number of aldehydes is 1. The Morgan fingerprint density at radius 1 is 1.86 bits per heavy atom. The molecule has 1 aromatic rings. The molecular weight excluding hydrogens is 186 g/mol. The van der Waals surface area contributed by atoms with Gasteiger partial charge in [-0.2, -0.15) is 0 Å². The quantitative estimate of drug-likeness (QED) is 0.424. The summed E-state index contributed by atoms with van der Waals surface area (Å²) in [7, 11) is 1.28. The molecule has 1 aromatic heterocycles. The molecule has 0 radical (unpaired) electrons. The molecule has 2 atom stereocenters. The van der Waals surface area contributed by atoms with E-state index in [0.29, 0.717) is 12.7 Å². The molecule has 6 heteroatoms. The van der Waals surface area contributed by atoms with Gasteiger partial charge in [0.25, 0.3) is 0 Å². The van der Waals surface area contributed by atoms with Gasteiger partial charge in [0.05, 0.1) is 12.4 Å². The Morgan fingerprint density at radius 2 is 2.64 bits per heavy atom. The number of ether oxygens (including phenoxy) is 1. The summed E-state index contributed by atoms with van der Waals surface area (Å²) in [6, 6.07) is -0.558. The molecule has 0 saturated heterocycles. The standard InChI is InChI=1S/C8H12N3O3/c1-14-8(13)11-7(4-12)2-6-3-9-5-10-6/h3-5,7-8,11H,2H2,1H3,(H,9,10)/q-1/t7-,8?/m1/s1. The van der Waals surface area contributed by atoms with Gasteiger partial charge < -0.3 is 19.6 Å². The van der Waals surface area contributed by atoms with Crippen molar-refractivity contribution in [3.05, 3.63) is 18.2 Å². The Kier molecular flexibility index (Phi) is 4.24. The van der Waals surface area contributed by atoms with Gasteiger partial charge in [-0.05, 0) is 0 Å². The van der Waals surface area contributed by atoms with E-state index >= 15 is 0 Å². The summed E-state index contributed by atoms with van der Waals surface area (Å²) in [5.74, 6) is 0. The molecule has 0 aromatic carbocycles. The van der Waals surface area contributed by atoms with Crippen LogP contribution >= 0.6 is 0 Å². The molecule has 0 aliphatic heterocycles. The summed E-state index contributed by atoms with van der Waals surface area (Å²) >= 11 is 0. The fourth-order valence-electron chi connectivity index (χ4n) is 1.02. The minimum Gasteiger partial charge on any atom is -0.819 e. The van der Waals surface area contributed by atoms with Gasteiger partial charge in [0, 0.05) is 31.8 Å². The number of imidazole rings is 1. The smallest absolute Gasteiger partial charge is 0.137 e. The molecule has 1 unspecified atom stereocenters. The molecule has 14 heavy (non-hydrogen) atoms. The van der Waals surface area contributed by atoms with E-state index in [-0.39, 0.29) is 0 Å². The lowest BCUT2D eigenvalue weighted by Gasteiger charge is -2.25. The van der Waals surface area contributed by atoms with Crippen LogP contribution in [0, 0.1) is 0 Å². The number of hydrogen-bond donors (Lipinski definition) is 2. The molecule has 0 fully saturated rings. The highest BCUT2D eigenvalue weighted by Gasteiger charge is 2.09. The van der Waals surface area contributed by atoms with Crippen molar-refractivity contribution in [3.8, 4) is 0 Å². The van der Waals surface area contributed by atoms with Crippen molar-refractivity contribution in [1.29, 1.82) is 0 Å². The van der Waals surface area contributed by atoms with Crippen molar-refractivity contribution in [2.45, 2.75) is 18.9 Å². The molecule has 6 nitrogen and oxygen atoms in total. The fraction of sp³-hybridized carbons (Fsp3) is 0.500. The number of methoxy groups -OCH3 is 1. The summed E-state index contributed by atoms with van der Waals surface area (Å²) in [6.45, 7) is 0. The van der Waals surface area contributed by atoms with E-state index < -0.39 is 12.5 Å². The molecular formula is C8H12N3O3-. The van der Waals surface area contributed by atoms with Crippen LogP contribution in [-0.2, 0) is 16.0 Å². The first-order valence-electron chi connectivity index (χ1n) is 4.13. The minimum atomic E-state index is -1.38. The third kappa shape index (κ3) is 3.25. The van der Waals surface area contributed by atoms with Gasteiger partial charge >= 0.3 is 0 Å². The van der Waals surface area contributed by atoms with Crippen molar-refractivity contribution in [1.82, 2.24) is 15.3 Å². The Morgan fingerprint density at radius 3 is 3.14 bits per heavy atom. The lowest BCUT2D eigenvalue weighted by molar-refractivity contribution is -0.497. The number of H-pyrrole nitrogens is 1. The Hall–Kier alpha value is -1.24. The van der Waals surface area contributed by atoms with Crippen LogP contribution in [0.15, 0.2) is 12.5 Å². The molecule has 0 bridgehead atoms. The Balaban J connectivity index is 2.43. The van der Waals surface area contributed by atoms with Gasteiger partial charge in [-0.15, -0.1) is 0 Å². The highest BCUT2D eigenvalue weighted by Crippen LogP contribution is 1.96. The van der Waals surface area contributed by atoms with Crippen LogP contribution in [0.25, 0.3) is 0 Å². The molecule has 0 aliphatic rings. The molecule has 1 heterocycles. The molecule has 0 aliphatic carbocycles. The number of aromatic nitrogens is 2. The molecule has 0 amide bonds. The number of nitrogens with zero attached hydrogens (tertiary/aromatic N) is 1. The van der Waals surface area contributed by atoms with Gasteiger partial charge in [-0.25, -0.2) is 4.98 Å². The average molecular weight is 198 g/mol. The van der Waals surface area contributed by atoms with Gasteiger partial charge in [-0.1, -0.05) is 0 Å². The average Bonchev–Trinajstić information content (AvgIpc) is 2.69. The van der Waals surface area contributed by atoms with Crippen LogP contribution in [0.5, 0.6) is 0 Å². The number of rotatable bonds is 6. The van der Waals surface area contributed by atoms with Gasteiger partial charge in [0.15, 0.2) is 0 Å². The lowest BCUT2D eigenvalue weighted by atomic mass is 10.2. The van der Waals surface area contributed by atoms with Crippen LogP contribution in [0.2, 0.25) is 0 Å².